The van der Waals surface area contributed by atoms with E-state index in [0.29, 0.717) is 0 Å². The number of ether oxygens (including phenoxy) is 1. The van der Waals surface area contributed by atoms with Gasteiger partial charge in [0.05, 0.1) is 6.26 Å². The van der Waals surface area contributed by atoms with Crippen molar-refractivity contribution in [1.82, 2.24) is 0 Å². The summed E-state index contributed by atoms with van der Waals surface area (Å²) in [6, 6.07) is 0. The smallest absolute Gasteiger partial charge is 0.123 e. The van der Waals surface area contributed by atoms with E-state index in [4.69, 9.17) is 4.74 Å². The molecule has 0 fully saturated rings. The zero-order valence-corrected chi connectivity index (χ0v) is 7.18. The summed E-state index contributed by atoms with van der Waals surface area (Å²) in [7, 11) is 0. The van der Waals surface area contributed by atoms with Gasteiger partial charge in [-0.1, -0.05) is 26.5 Å². The maximum absolute atomic E-state index is 5.19. The maximum atomic E-state index is 5.19. The van der Waals surface area contributed by atoms with E-state index in [9.17, 15) is 0 Å². The van der Waals surface area contributed by atoms with Gasteiger partial charge in [0, 0.05) is 0 Å². The molecule has 0 aliphatic rings. The Balaban J connectivity index is 3.68. The molecule has 1 heteroatoms. The highest BCUT2D eigenvalue weighted by molar-refractivity contribution is 4.86. The summed E-state index contributed by atoms with van der Waals surface area (Å²) >= 11 is 0. The number of unbranched alkanes of at least 4 members (excludes halogenated alkanes) is 1. The van der Waals surface area contributed by atoms with Crippen molar-refractivity contribution in [3.63, 3.8) is 0 Å². The highest BCUT2D eigenvalue weighted by Gasteiger charge is 2.00. The summed E-state index contributed by atoms with van der Waals surface area (Å²) in [5.74, 6) is 0. The second-order valence-corrected chi connectivity index (χ2v) is 2.35. The zero-order chi connectivity index (χ0) is 8.53. The molecule has 0 aromatic carbocycles. The Hall–Kier alpha value is -0.940. The van der Waals surface area contributed by atoms with Crippen LogP contribution in [-0.2, 0) is 4.74 Å². The topological polar surface area (TPSA) is 9.23 Å². The summed E-state index contributed by atoms with van der Waals surface area (Å²) in [5, 5.41) is 0. The van der Waals surface area contributed by atoms with E-state index >= 15 is 0 Å². The lowest BCUT2D eigenvalue weighted by molar-refractivity contribution is 0.176. The van der Waals surface area contributed by atoms with Crippen LogP contribution in [0.2, 0.25) is 0 Å². The normalized spacial score (nSPS) is 11.4. The second-order valence-electron chi connectivity index (χ2n) is 2.35. The molecule has 0 N–H and O–H groups in total. The monoisotopic (exact) mass is 152 g/mol. The molecule has 0 rings (SSSR count). The third-order valence-electron chi connectivity index (χ3n) is 1.42. The van der Waals surface area contributed by atoms with Gasteiger partial charge in [0.1, 0.15) is 6.10 Å². The van der Waals surface area contributed by atoms with Crippen LogP contribution in [0.4, 0.5) is 0 Å². The van der Waals surface area contributed by atoms with Crippen LogP contribution in [-0.4, -0.2) is 6.10 Å². The lowest BCUT2D eigenvalue weighted by atomic mass is 10.1. The molecule has 62 valence electrons. The fourth-order valence-electron chi connectivity index (χ4n) is 0.851. The fraction of sp³-hybridized carbons (Fsp3) is 0.500. The minimum absolute atomic E-state index is 0.116. The molecule has 11 heavy (non-hydrogen) atoms. The zero-order valence-electron chi connectivity index (χ0n) is 7.18. The second kappa shape index (κ2) is 7.17. The predicted octanol–water partition coefficient (Wildman–Crippen LogP) is 3.05. The summed E-state index contributed by atoms with van der Waals surface area (Å²) in [4.78, 5) is 0. The first-order valence-corrected chi connectivity index (χ1v) is 3.97. The Morgan fingerprint density at radius 2 is 2.36 bits per heavy atom. The van der Waals surface area contributed by atoms with E-state index in [-0.39, 0.29) is 6.10 Å². The van der Waals surface area contributed by atoms with E-state index < -0.39 is 0 Å². The van der Waals surface area contributed by atoms with E-state index in [0.717, 1.165) is 12.8 Å². The van der Waals surface area contributed by atoms with Gasteiger partial charge in [0.15, 0.2) is 0 Å². The van der Waals surface area contributed by atoms with Crippen LogP contribution in [0.3, 0.4) is 0 Å². The van der Waals surface area contributed by atoms with Crippen LogP contribution >= 0.6 is 0 Å². The quantitative estimate of drug-likeness (QED) is 0.420. The number of hydrogen-bond acceptors (Lipinski definition) is 1. The van der Waals surface area contributed by atoms with Crippen molar-refractivity contribution < 1.29 is 4.74 Å². The molecule has 0 heterocycles. The van der Waals surface area contributed by atoms with Crippen LogP contribution in [0, 0.1) is 0 Å². The Morgan fingerprint density at radius 1 is 1.64 bits per heavy atom. The SMILES string of the molecule is C=C=CC(CCCC)OC=C. The maximum Gasteiger partial charge on any atom is 0.123 e. The molecule has 0 spiro atoms. The fourth-order valence-corrected chi connectivity index (χ4v) is 0.851. The Labute approximate surface area is 69.1 Å². The third kappa shape index (κ3) is 5.50. The molecule has 0 radical (unpaired) electrons. The minimum Gasteiger partial charge on any atom is -0.494 e. The molecule has 0 aromatic rings. The highest BCUT2D eigenvalue weighted by Crippen LogP contribution is 2.05. The summed E-state index contributed by atoms with van der Waals surface area (Å²) < 4.78 is 5.19. The van der Waals surface area contributed by atoms with Gasteiger partial charge in [0.25, 0.3) is 0 Å². The van der Waals surface area contributed by atoms with Crippen molar-refractivity contribution in [2.24, 2.45) is 0 Å². The van der Waals surface area contributed by atoms with Gasteiger partial charge in [-0.2, -0.15) is 0 Å². The number of hydrogen-bond donors (Lipinski definition) is 0. The van der Waals surface area contributed by atoms with Gasteiger partial charge in [-0.05, 0) is 18.9 Å². The van der Waals surface area contributed by atoms with Crippen molar-refractivity contribution in [3.8, 4) is 0 Å². The average molecular weight is 152 g/mol. The highest BCUT2D eigenvalue weighted by atomic mass is 16.5. The van der Waals surface area contributed by atoms with Crippen molar-refractivity contribution in [1.29, 1.82) is 0 Å². The molecular formula is C10H16O. The average Bonchev–Trinajstić information content (AvgIpc) is 2.01. The van der Waals surface area contributed by atoms with Gasteiger partial charge >= 0.3 is 0 Å². The molecule has 0 amide bonds. The van der Waals surface area contributed by atoms with Gasteiger partial charge in [-0.15, -0.1) is 5.73 Å². The van der Waals surface area contributed by atoms with E-state index in [1.807, 2.05) is 6.08 Å². The van der Waals surface area contributed by atoms with Gasteiger partial charge in [0.2, 0.25) is 0 Å². The van der Waals surface area contributed by atoms with Crippen LogP contribution in [0.1, 0.15) is 26.2 Å². The van der Waals surface area contributed by atoms with Gasteiger partial charge in [-0.25, -0.2) is 0 Å². The molecule has 0 bridgehead atoms. The molecule has 0 aromatic heterocycles. The Bertz CT molecular complexity index is 143. The minimum atomic E-state index is 0.116. The van der Waals surface area contributed by atoms with Gasteiger partial charge in [-0.3, -0.25) is 0 Å². The largest absolute Gasteiger partial charge is 0.494 e. The molecule has 0 saturated carbocycles. The molecule has 1 unspecified atom stereocenters. The molecule has 0 saturated heterocycles. The first-order valence-electron chi connectivity index (χ1n) is 3.97. The lowest BCUT2D eigenvalue weighted by Crippen LogP contribution is -2.04. The molecular weight excluding hydrogens is 136 g/mol. The first kappa shape index (κ1) is 10.1. The molecule has 0 aliphatic heterocycles. The number of rotatable bonds is 6. The summed E-state index contributed by atoms with van der Waals surface area (Å²) in [5.41, 5.74) is 2.71. The lowest BCUT2D eigenvalue weighted by Gasteiger charge is -2.09. The first-order chi connectivity index (χ1) is 5.35. The summed E-state index contributed by atoms with van der Waals surface area (Å²) in [6.07, 6.45) is 6.78. The van der Waals surface area contributed by atoms with E-state index in [1.54, 1.807) is 0 Å². The molecule has 0 aliphatic carbocycles. The van der Waals surface area contributed by atoms with E-state index in [1.165, 1.54) is 12.7 Å². The van der Waals surface area contributed by atoms with Crippen LogP contribution in [0.15, 0.2) is 31.2 Å². The molecule has 1 atom stereocenters. The van der Waals surface area contributed by atoms with Crippen LogP contribution in [0.5, 0.6) is 0 Å². The van der Waals surface area contributed by atoms with Crippen molar-refractivity contribution in [2.45, 2.75) is 32.3 Å². The summed E-state index contributed by atoms with van der Waals surface area (Å²) in [6.45, 7) is 9.15. The van der Waals surface area contributed by atoms with Crippen molar-refractivity contribution >= 4 is 0 Å². The van der Waals surface area contributed by atoms with Crippen LogP contribution in [0.25, 0.3) is 0 Å². The van der Waals surface area contributed by atoms with Gasteiger partial charge < -0.3 is 4.74 Å². The Morgan fingerprint density at radius 3 is 2.82 bits per heavy atom. The van der Waals surface area contributed by atoms with E-state index in [2.05, 4.69) is 25.8 Å². The molecule has 1 nitrogen and oxygen atoms in total. The predicted molar refractivity (Wildman–Crippen MR) is 48.3 cm³/mol. The standard InChI is InChI=1S/C10H16O/c1-4-7-9-10(8-5-2)11-6-3/h6,8,10H,2-4,7,9H2,1H3. The van der Waals surface area contributed by atoms with Crippen molar-refractivity contribution in [2.75, 3.05) is 0 Å². The Kier molecular flexibility index (Phi) is 6.56. The van der Waals surface area contributed by atoms with Crippen molar-refractivity contribution in [3.05, 3.63) is 31.2 Å². The third-order valence-corrected chi connectivity index (χ3v) is 1.42. The van der Waals surface area contributed by atoms with Crippen LogP contribution < -0.4 is 0 Å².